The van der Waals surface area contributed by atoms with Gasteiger partial charge in [-0.25, -0.2) is 0 Å². The van der Waals surface area contributed by atoms with Crippen molar-refractivity contribution in [2.75, 3.05) is 31.2 Å². The van der Waals surface area contributed by atoms with Crippen LogP contribution < -0.4 is 4.90 Å². The van der Waals surface area contributed by atoms with Gasteiger partial charge in [0.15, 0.2) is 0 Å². The van der Waals surface area contributed by atoms with Crippen LogP contribution in [0.2, 0.25) is 0 Å². The summed E-state index contributed by atoms with van der Waals surface area (Å²) in [5.41, 5.74) is 1.78. The number of anilines is 1. The van der Waals surface area contributed by atoms with Crippen LogP contribution in [0.3, 0.4) is 0 Å². The third-order valence-electron chi connectivity index (χ3n) is 2.74. The molecule has 2 rings (SSSR count). The Bertz CT molecular complexity index is 346. The molecule has 0 aromatic carbocycles. The van der Waals surface area contributed by atoms with Gasteiger partial charge in [0.2, 0.25) is 0 Å². The van der Waals surface area contributed by atoms with E-state index >= 15 is 0 Å². The standard InChI is InChI=1S/C11H16N2O3/c14-7-9-1-2-12-5-11(9)13-3-4-16-10(6-13)8-15/h1-2,5,10,14-15H,3-4,6-8H2. The largest absolute Gasteiger partial charge is 0.394 e. The van der Waals surface area contributed by atoms with E-state index < -0.39 is 0 Å². The molecule has 1 aromatic rings. The molecule has 16 heavy (non-hydrogen) atoms. The number of hydrogen-bond acceptors (Lipinski definition) is 5. The normalized spacial score (nSPS) is 21.1. The molecule has 1 aliphatic heterocycles. The first kappa shape index (κ1) is 11.3. The van der Waals surface area contributed by atoms with Gasteiger partial charge in [-0.1, -0.05) is 0 Å². The third-order valence-corrected chi connectivity index (χ3v) is 2.74. The van der Waals surface area contributed by atoms with Crippen LogP contribution >= 0.6 is 0 Å². The van der Waals surface area contributed by atoms with Crippen molar-refractivity contribution in [2.45, 2.75) is 12.7 Å². The van der Waals surface area contributed by atoms with Crippen molar-refractivity contribution in [3.8, 4) is 0 Å². The number of pyridine rings is 1. The fourth-order valence-corrected chi connectivity index (χ4v) is 1.88. The SMILES string of the molecule is OCc1ccncc1N1CCOC(CO)C1. The number of rotatable bonds is 3. The van der Waals surface area contributed by atoms with Gasteiger partial charge in [-0.2, -0.15) is 0 Å². The van der Waals surface area contributed by atoms with Gasteiger partial charge in [-0.15, -0.1) is 0 Å². The van der Waals surface area contributed by atoms with Crippen LogP contribution in [0.15, 0.2) is 18.5 Å². The van der Waals surface area contributed by atoms with Crippen LogP contribution in [0.25, 0.3) is 0 Å². The molecule has 1 saturated heterocycles. The maximum Gasteiger partial charge on any atom is 0.0980 e. The Kier molecular flexibility index (Phi) is 3.71. The number of aromatic nitrogens is 1. The number of morpholine rings is 1. The average Bonchev–Trinajstić information content (AvgIpc) is 2.38. The predicted molar refractivity (Wildman–Crippen MR) is 59.2 cm³/mol. The highest BCUT2D eigenvalue weighted by Crippen LogP contribution is 2.21. The first-order valence-electron chi connectivity index (χ1n) is 5.36. The van der Waals surface area contributed by atoms with E-state index in [1.54, 1.807) is 18.5 Å². The highest BCUT2D eigenvalue weighted by molar-refractivity contribution is 5.51. The fraction of sp³-hybridized carbons (Fsp3) is 0.545. The van der Waals surface area contributed by atoms with Crippen molar-refractivity contribution < 1.29 is 14.9 Å². The lowest BCUT2D eigenvalue weighted by atomic mass is 10.2. The van der Waals surface area contributed by atoms with Crippen molar-refractivity contribution in [1.82, 2.24) is 4.98 Å². The van der Waals surface area contributed by atoms with Crippen LogP contribution in [-0.4, -0.2) is 47.6 Å². The maximum atomic E-state index is 9.24. The van der Waals surface area contributed by atoms with E-state index in [1.165, 1.54) is 0 Å². The molecule has 1 unspecified atom stereocenters. The number of hydrogen-bond donors (Lipinski definition) is 2. The average molecular weight is 224 g/mol. The van der Waals surface area contributed by atoms with Gasteiger partial charge in [-0.3, -0.25) is 4.98 Å². The Balaban J connectivity index is 2.16. The summed E-state index contributed by atoms with van der Waals surface area (Å²) >= 11 is 0. The molecule has 1 aliphatic rings. The van der Waals surface area contributed by atoms with E-state index in [0.29, 0.717) is 13.2 Å². The van der Waals surface area contributed by atoms with E-state index in [2.05, 4.69) is 9.88 Å². The minimum atomic E-state index is -0.152. The first-order chi connectivity index (χ1) is 7.85. The Morgan fingerprint density at radius 2 is 2.38 bits per heavy atom. The van der Waals surface area contributed by atoms with Crippen LogP contribution in [0, 0.1) is 0 Å². The van der Waals surface area contributed by atoms with Crippen LogP contribution in [-0.2, 0) is 11.3 Å². The topological polar surface area (TPSA) is 65.8 Å². The number of aliphatic hydroxyl groups excluding tert-OH is 2. The molecule has 0 aliphatic carbocycles. The van der Waals surface area contributed by atoms with Crippen LogP contribution in [0.1, 0.15) is 5.56 Å². The summed E-state index contributed by atoms with van der Waals surface area (Å²) in [5, 5.41) is 18.3. The second kappa shape index (κ2) is 5.25. The van der Waals surface area contributed by atoms with Gasteiger partial charge in [0, 0.05) is 24.8 Å². The summed E-state index contributed by atoms with van der Waals surface area (Å²) in [6.07, 6.45) is 3.25. The molecule has 2 N–H and O–H groups in total. The molecule has 0 bridgehead atoms. The maximum absolute atomic E-state index is 9.24. The molecule has 1 aromatic heterocycles. The van der Waals surface area contributed by atoms with Crippen molar-refractivity contribution in [3.05, 3.63) is 24.0 Å². The van der Waals surface area contributed by atoms with Gasteiger partial charge >= 0.3 is 0 Å². The molecular formula is C11H16N2O3. The smallest absolute Gasteiger partial charge is 0.0980 e. The van der Waals surface area contributed by atoms with E-state index in [-0.39, 0.29) is 19.3 Å². The van der Waals surface area contributed by atoms with Crippen LogP contribution in [0.4, 0.5) is 5.69 Å². The predicted octanol–water partition coefficient (Wildman–Crippen LogP) is -0.229. The molecule has 5 heteroatoms. The van der Waals surface area contributed by atoms with Gasteiger partial charge < -0.3 is 19.8 Å². The summed E-state index contributed by atoms with van der Waals surface area (Å²) < 4.78 is 5.38. The van der Waals surface area contributed by atoms with Crippen LogP contribution in [0.5, 0.6) is 0 Å². The highest BCUT2D eigenvalue weighted by Gasteiger charge is 2.21. The van der Waals surface area contributed by atoms with E-state index in [1.807, 2.05) is 0 Å². The molecule has 1 atom stereocenters. The molecule has 88 valence electrons. The molecule has 0 radical (unpaired) electrons. The summed E-state index contributed by atoms with van der Waals surface area (Å²) in [6, 6.07) is 1.80. The minimum Gasteiger partial charge on any atom is -0.394 e. The van der Waals surface area contributed by atoms with E-state index in [4.69, 9.17) is 9.84 Å². The Hall–Kier alpha value is -1.17. The molecule has 1 fully saturated rings. The van der Waals surface area contributed by atoms with Crippen molar-refractivity contribution in [1.29, 1.82) is 0 Å². The lowest BCUT2D eigenvalue weighted by molar-refractivity contribution is 0.00346. The second-order valence-corrected chi connectivity index (χ2v) is 3.78. The van der Waals surface area contributed by atoms with Crippen molar-refractivity contribution in [2.24, 2.45) is 0 Å². The summed E-state index contributed by atoms with van der Waals surface area (Å²) in [5.74, 6) is 0. The molecule has 0 saturated carbocycles. The van der Waals surface area contributed by atoms with Gasteiger partial charge in [-0.05, 0) is 6.07 Å². The zero-order chi connectivity index (χ0) is 11.4. The minimum absolute atomic E-state index is 0.000990. The fourth-order valence-electron chi connectivity index (χ4n) is 1.88. The molecular weight excluding hydrogens is 208 g/mol. The first-order valence-corrected chi connectivity index (χ1v) is 5.36. The zero-order valence-corrected chi connectivity index (χ0v) is 9.04. The number of aliphatic hydroxyl groups is 2. The second-order valence-electron chi connectivity index (χ2n) is 3.78. The zero-order valence-electron chi connectivity index (χ0n) is 9.04. The number of ether oxygens (including phenoxy) is 1. The Morgan fingerprint density at radius 3 is 3.12 bits per heavy atom. The molecule has 0 spiro atoms. The van der Waals surface area contributed by atoms with E-state index in [0.717, 1.165) is 17.8 Å². The Labute approximate surface area is 94.3 Å². The van der Waals surface area contributed by atoms with Crippen molar-refractivity contribution in [3.63, 3.8) is 0 Å². The summed E-state index contributed by atoms with van der Waals surface area (Å²) in [7, 11) is 0. The van der Waals surface area contributed by atoms with Gasteiger partial charge in [0.05, 0.1) is 37.8 Å². The summed E-state index contributed by atoms with van der Waals surface area (Å²) in [6.45, 7) is 2.00. The lowest BCUT2D eigenvalue weighted by Gasteiger charge is -2.34. The van der Waals surface area contributed by atoms with Gasteiger partial charge in [0.25, 0.3) is 0 Å². The monoisotopic (exact) mass is 224 g/mol. The molecule has 0 amide bonds. The number of nitrogens with zero attached hydrogens (tertiary/aromatic N) is 2. The third kappa shape index (κ3) is 2.32. The summed E-state index contributed by atoms with van der Waals surface area (Å²) in [4.78, 5) is 6.15. The van der Waals surface area contributed by atoms with Gasteiger partial charge in [0.1, 0.15) is 0 Å². The van der Waals surface area contributed by atoms with E-state index in [9.17, 15) is 5.11 Å². The lowest BCUT2D eigenvalue weighted by Crippen LogP contribution is -2.44. The molecule has 2 heterocycles. The molecule has 5 nitrogen and oxygen atoms in total. The Morgan fingerprint density at radius 1 is 1.50 bits per heavy atom. The highest BCUT2D eigenvalue weighted by atomic mass is 16.5. The van der Waals surface area contributed by atoms with Crippen molar-refractivity contribution >= 4 is 5.69 Å². The quantitative estimate of drug-likeness (QED) is 0.742.